The number of ether oxygens (including phenoxy) is 8. The van der Waals surface area contributed by atoms with Gasteiger partial charge in [0.15, 0.2) is 24.8 Å². The molecule has 2 aliphatic heterocycles. The summed E-state index contributed by atoms with van der Waals surface area (Å²) < 4.78 is 69.4. The lowest BCUT2D eigenvalue weighted by Crippen LogP contribution is -2.68. The van der Waals surface area contributed by atoms with E-state index in [1.807, 2.05) is 0 Å². The summed E-state index contributed by atoms with van der Waals surface area (Å²) in [6.07, 6.45) is 59.6. The molecule has 0 bridgehead atoms. The van der Waals surface area contributed by atoms with E-state index in [1.165, 1.54) is 167 Å². The standard InChI is InChI=1S/C113H211N2O22P/c1-9-16-23-30-37-44-46-48-50-57-59-66-73-80-93(8)130-95(82-75-68-61-53-40-33-26-19-12-4)88-100(118)114-106-110(135-104(122)87-94(117)81-74-67-60-52-39-32-25-18-11-3)108(124)99(133-112(106)125)92-129-113-107(115-101(119)89-96(83-76-69-62-54-41-34-27-20-13-5)131-102(120)85-78-72-65-58-51-49-47-45-38-31-24-17-10-2)111(109(98(91-116)134-113)137-138(126,127)128)136-105(123)90-97(84-77-70-63-55-42-35-28-21-14-6)132-103(121)86-79-71-64-56-43-36-29-22-15-7/h45,47,94-99,106-113,116-117,124-125H,8-44,46,48-92H2,1-7H3,(H,114,118)(H,115,119)(H2,126,127,128)/b47-45-/t94?,95?,96?,97?,98?,99?,106?,107?,108-,109-,110-,111-,112?,113-/m1/s1. The fourth-order valence-electron chi connectivity index (χ4n) is 19.1. The lowest BCUT2D eigenvalue weighted by molar-refractivity contribution is -0.298. The Labute approximate surface area is 841 Å². The van der Waals surface area contributed by atoms with Gasteiger partial charge in [0.25, 0.3) is 0 Å². The van der Waals surface area contributed by atoms with Gasteiger partial charge >= 0.3 is 31.7 Å². The molecule has 24 nitrogen and oxygen atoms in total. The van der Waals surface area contributed by atoms with Crippen molar-refractivity contribution in [3.05, 3.63) is 24.5 Å². The Balaban J connectivity index is 2.82. The largest absolute Gasteiger partial charge is 0.495 e. The lowest BCUT2D eigenvalue weighted by atomic mass is 9.95. The first kappa shape index (κ1) is 130. The molecular formula is C113H211N2O22P. The molecule has 0 radical (unpaired) electrons. The third-order valence-electron chi connectivity index (χ3n) is 27.7. The molecular weight excluding hydrogens is 1770 g/mol. The molecule has 0 aromatic heterocycles. The van der Waals surface area contributed by atoms with Gasteiger partial charge in [-0.25, -0.2) is 4.57 Å². The van der Waals surface area contributed by atoms with E-state index >= 15 is 9.59 Å². The number of hydrogen-bond acceptors (Lipinski definition) is 20. The molecule has 138 heavy (non-hydrogen) atoms. The zero-order chi connectivity index (χ0) is 101. The van der Waals surface area contributed by atoms with E-state index in [0.29, 0.717) is 57.1 Å². The van der Waals surface area contributed by atoms with Crippen molar-refractivity contribution in [1.82, 2.24) is 10.6 Å². The number of amides is 2. The summed E-state index contributed by atoms with van der Waals surface area (Å²) in [5.41, 5.74) is 0. The van der Waals surface area contributed by atoms with Crippen molar-refractivity contribution in [1.29, 1.82) is 0 Å². The predicted molar refractivity (Wildman–Crippen MR) is 557 cm³/mol. The predicted octanol–water partition coefficient (Wildman–Crippen LogP) is 28.1. The van der Waals surface area contributed by atoms with Crippen LogP contribution in [0.25, 0.3) is 0 Å². The Kier molecular flexibility index (Phi) is 85.2. The molecule has 0 aromatic carbocycles. The molecule has 0 saturated carbocycles. The molecule has 0 aliphatic carbocycles. The molecule has 8 N–H and O–H groups in total. The molecule has 9 unspecified atom stereocenters. The molecule has 2 amide bonds. The molecule has 25 heteroatoms. The molecule has 2 aliphatic rings. The van der Waals surface area contributed by atoms with Crippen molar-refractivity contribution in [2.75, 3.05) is 13.2 Å². The van der Waals surface area contributed by atoms with E-state index < -0.39 is 162 Å². The van der Waals surface area contributed by atoms with Gasteiger partial charge in [-0.05, 0) is 89.9 Å². The van der Waals surface area contributed by atoms with Gasteiger partial charge in [-0.15, -0.1) is 0 Å². The Morgan fingerprint density at radius 2 is 0.652 bits per heavy atom. The Hall–Kier alpha value is -4.07. The smallest absolute Gasteiger partial charge is 0.470 e. The van der Waals surface area contributed by atoms with Crippen molar-refractivity contribution >= 4 is 43.5 Å². The number of hydrogen-bond donors (Lipinski definition) is 8. The normalized spacial score (nSPS) is 19.3. The summed E-state index contributed by atoms with van der Waals surface area (Å²) in [5, 5.41) is 53.6. The number of rotatable bonds is 99. The molecule has 0 aromatic rings. The van der Waals surface area contributed by atoms with E-state index in [9.17, 15) is 54.0 Å². The van der Waals surface area contributed by atoms with Crippen LogP contribution < -0.4 is 10.6 Å². The van der Waals surface area contributed by atoms with Crippen molar-refractivity contribution in [3.63, 3.8) is 0 Å². The van der Waals surface area contributed by atoms with Crippen LogP contribution in [0.4, 0.5) is 0 Å². The summed E-state index contributed by atoms with van der Waals surface area (Å²) in [6.45, 7) is 17.9. The van der Waals surface area contributed by atoms with Crippen LogP contribution in [0.5, 0.6) is 0 Å². The topological polar surface area (TPSA) is 348 Å². The molecule has 810 valence electrons. The van der Waals surface area contributed by atoms with Crippen molar-refractivity contribution < 1.29 is 106 Å². The fourth-order valence-corrected chi connectivity index (χ4v) is 19.7. The number of carbonyl (C=O) groups excluding carboxylic acids is 6. The van der Waals surface area contributed by atoms with Gasteiger partial charge in [-0.3, -0.25) is 33.3 Å². The molecule has 2 fully saturated rings. The zero-order valence-electron chi connectivity index (χ0n) is 89.1. The number of aliphatic hydroxyl groups is 4. The Bertz CT molecular complexity index is 2980. The van der Waals surface area contributed by atoms with E-state index in [4.69, 9.17) is 42.4 Å². The second kappa shape index (κ2) is 90.5. The van der Waals surface area contributed by atoms with Crippen LogP contribution in [0.1, 0.15) is 562 Å². The maximum atomic E-state index is 15.3. The van der Waals surface area contributed by atoms with Gasteiger partial charge in [-0.2, -0.15) is 0 Å². The number of phosphoric acid groups is 1. The van der Waals surface area contributed by atoms with E-state index in [-0.39, 0.29) is 32.1 Å². The fraction of sp³-hybridized carbons (Fsp3) is 0.912. The summed E-state index contributed by atoms with van der Waals surface area (Å²) in [7, 11) is -5.64. The minimum absolute atomic E-state index is 0.110. The van der Waals surface area contributed by atoms with Gasteiger partial charge in [-0.1, -0.05) is 446 Å². The van der Waals surface area contributed by atoms with Crippen LogP contribution in [0, 0.1) is 0 Å². The number of allylic oxidation sites excluding steroid dienone is 3. The second-order valence-corrected chi connectivity index (χ2v) is 42.1. The minimum atomic E-state index is -5.64. The molecule has 2 saturated heterocycles. The quantitative estimate of drug-likeness (QED) is 0.00700. The van der Waals surface area contributed by atoms with Crippen LogP contribution in [0.3, 0.4) is 0 Å². The van der Waals surface area contributed by atoms with E-state index in [1.54, 1.807) is 0 Å². The summed E-state index contributed by atoms with van der Waals surface area (Å²) >= 11 is 0. The molecule has 2 heterocycles. The van der Waals surface area contributed by atoms with Crippen LogP contribution in [-0.2, 0) is 75.8 Å². The maximum Gasteiger partial charge on any atom is 0.470 e. The lowest BCUT2D eigenvalue weighted by Gasteiger charge is -2.46. The molecule has 0 spiro atoms. The number of carbonyl (C=O) groups is 6. The molecule has 2 rings (SSSR count). The van der Waals surface area contributed by atoms with E-state index in [2.05, 4.69) is 77.8 Å². The first-order chi connectivity index (χ1) is 67.1. The van der Waals surface area contributed by atoms with Crippen LogP contribution in [0.15, 0.2) is 24.5 Å². The number of unbranched alkanes of at least 4 members (excludes halogenated alkanes) is 61. The average molecular weight is 1980 g/mol. The highest BCUT2D eigenvalue weighted by atomic mass is 31.2. The highest BCUT2D eigenvalue weighted by Gasteiger charge is 2.54. The highest BCUT2D eigenvalue weighted by Crippen LogP contribution is 2.43. The van der Waals surface area contributed by atoms with Gasteiger partial charge in [0, 0.05) is 19.3 Å². The van der Waals surface area contributed by atoms with Gasteiger partial charge < -0.3 is 78.7 Å². The zero-order valence-corrected chi connectivity index (χ0v) is 90.0. The van der Waals surface area contributed by atoms with Crippen LogP contribution in [-0.4, -0.2) is 165 Å². The second-order valence-electron chi connectivity index (χ2n) is 40.9. The maximum absolute atomic E-state index is 15.3. The van der Waals surface area contributed by atoms with E-state index in [0.717, 1.165) is 244 Å². The third kappa shape index (κ3) is 72.2. The van der Waals surface area contributed by atoms with Gasteiger partial charge in [0.2, 0.25) is 11.8 Å². The first-order valence-electron chi connectivity index (χ1n) is 57.7. The summed E-state index contributed by atoms with van der Waals surface area (Å²) in [4.78, 5) is 109. The van der Waals surface area contributed by atoms with Gasteiger partial charge in [0.1, 0.15) is 54.8 Å². The number of aliphatic hydroxyl groups excluding tert-OH is 4. The number of nitrogens with one attached hydrogen (secondary N) is 2. The van der Waals surface area contributed by atoms with Crippen molar-refractivity contribution in [3.8, 4) is 0 Å². The van der Waals surface area contributed by atoms with Gasteiger partial charge in [0.05, 0.1) is 50.8 Å². The Morgan fingerprint density at radius 3 is 1.02 bits per heavy atom. The molecule has 14 atom stereocenters. The van der Waals surface area contributed by atoms with Crippen LogP contribution >= 0.6 is 7.82 Å². The Morgan fingerprint density at radius 1 is 0.348 bits per heavy atom. The first-order valence-corrected chi connectivity index (χ1v) is 59.3. The number of phosphoric ester groups is 1. The summed E-state index contributed by atoms with van der Waals surface area (Å²) in [6, 6.07) is -3.45. The van der Waals surface area contributed by atoms with Crippen molar-refractivity contribution in [2.24, 2.45) is 0 Å². The van der Waals surface area contributed by atoms with Crippen molar-refractivity contribution in [2.45, 2.75) is 648 Å². The SMILES string of the molecule is C=C(CCCCCCCCCCCCCCC)OC(CCCCCCCCCCC)CC(=O)NC1C(O)OC(CO[C@@H]2OC(CO)[C@@H](OP(=O)(O)O)[C@H](OC(=O)CC(CCCCCCCCCCC)OC(=O)CCCCCCCCCCC)C2NC(=O)CC(CCCCCCCCCCC)OC(=O)CCCCCCC/C=C\CCCCCC)[C@@H](O)[C@@H]1OC(=O)CC(O)CCCCCCCCCCC. The highest BCUT2D eigenvalue weighted by molar-refractivity contribution is 7.46. The minimum Gasteiger partial charge on any atom is -0.495 e. The number of esters is 4. The third-order valence-corrected chi connectivity index (χ3v) is 28.2. The average Bonchev–Trinajstić information content (AvgIpc) is 0.779. The summed E-state index contributed by atoms with van der Waals surface area (Å²) in [5.74, 6) is -3.81. The van der Waals surface area contributed by atoms with Crippen LogP contribution in [0.2, 0.25) is 0 Å². The monoisotopic (exact) mass is 1980 g/mol.